The van der Waals surface area contributed by atoms with E-state index in [4.69, 9.17) is 11.1 Å². The summed E-state index contributed by atoms with van der Waals surface area (Å²) in [6, 6.07) is 59.8. The highest BCUT2D eigenvalue weighted by Crippen LogP contribution is 2.42. The first kappa shape index (κ1) is 29.0. The molecule has 3 N–H and O–H groups in total. The lowest BCUT2D eigenvalue weighted by atomic mass is 9.96. The van der Waals surface area contributed by atoms with E-state index in [1.165, 1.54) is 54.1 Å². The molecule has 0 aliphatic rings. The van der Waals surface area contributed by atoms with Gasteiger partial charge in [-0.2, -0.15) is 0 Å². The van der Waals surface area contributed by atoms with Crippen molar-refractivity contribution in [3.05, 3.63) is 187 Å². The zero-order valence-electron chi connectivity index (χ0n) is 27.7. The van der Waals surface area contributed by atoms with Crippen LogP contribution >= 0.6 is 0 Å². The Morgan fingerprint density at radius 2 is 0.882 bits per heavy atom. The van der Waals surface area contributed by atoms with Gasteiger partial charge in [0, 0.05) is 38.6 Å². The first-order chi connectivity index (χ1) is 25.2. The van der Waals surface area contributed by atoms with Gasteiger partial charge in [0.25, 0.3) is 0 Å². The Hall–Kier alpha value is -6.91. The molecule has 0 fully saturated rings. The fourth-order valence-corrected chi connectivity index (χ4v) is 8.05. The number of nitrogens with two attached hydrogens (primary N) is 1. The van der Waals surface area contributed by atoms with Gasteiger partial charge in [0.05, 0.1) is 27.8 Å². The topological polar surface area (TPSA) is 59.7 Å². The molecule has 0 aliphatic heterocycles. The summed E-state index contributed by atoms with van der Waals surface area (Å²) < 4.78 is 4.72. The van der Waals surface area contributed by atoms with Crippen molar-refractivity contribution in [2.75, 3.05) is 0 Å². The van der Waals surface area contributed by atoms with E-state index in [9.17, 15) is 0 Å². The van der Waals surface area contributed by atoms with Crippen LogP contribution in [0, 0.1) is 5.41 Å². The molecular weight excluding hydrogens is 621 g/mol. The molecule has 0 atom stereocenters. The number of hydrogen-bond donors (Lipinski definition) is 2. The Kier molecular flexibility index (Phi) is 6.45. The predicted molar refractivity (Wildman–Crippen MR) is 216 cm³/mol. The number of benzene rings is 8. The van der Waals surface area contributed by atoms with E-state index in [0.29, 0.717) is 11.4 Å². The molecule has 51 heavy (non-hydrogen) atoms. The second-order valence-corrected chi connectivity index (χ2v) is 13.1. The number of allylic oxidation sites excluding steroid dienone is 1. The monoisotopic (exact) mass is 652 g/mol. The maximum absolute atomic E-state index is 8.61. The third kappa shape index (κ3) is 4.43. The summed E-state index contributed by atoms with van der Waals surface area (Å²) in [5, 5.41) is 18.6. The maximum atomic E-state index is 8.61. The molecule has 0 bridgehead atoms. The largest absolute Gasteiger partial charge is 0.398 e. The van der Waals surface area contributed by atoms with Crippen LogP contribution in [0.3, 0.4) is 0 Å². The molecule has 2 aromatic heterocycles. The minimum absolute atomic E-state index is 0.385. The number of para-hydroxylation sites is 3. The van der Waals surface area contributed by atoms with E-state index in [0.717, 1.165) is 33.5 Å². The van der Waals surface area contributed by atoms with Gasteiger partial charge in [-0.25, -0.2) is 0 Å². The molecule has 0 radical (unpaired) electrons. The summed E-state index contributed by atoms with van der Waals surface area (Å²) in [7, 11) is 0. The lowest BCUT2D eigenvalue weighted by Crippen LogP contribution is -2.03. The van der Waals surface area contributed by atoms with Crippen molar-refractivity contribution < 1.29 is 0 Å². The highest BCUT2D eigenvalue weighted by atomic mass is 15.0. The van der Waals surface area contributed by atoms with Crippen LogP contribution in [0.5, 0.6) is 0 Å². The average molecular weight is 653 g/mol. The van der Waals surface area contributed by atoms with Gasteiger partial charge in [0.15, 0.2) is 0 Å². The first-order valence-electron chi connectivity index (χ1n) is 17.2. The molecule has 8 aromatic carbocycles. The second-order valence-electron chi connectivity index (χ2n) is 13.1. The third-order valence-electron chi connectivity index (χ3n) is 10.3. The fraction of sp³-hybridized carbons (Fsp3) is 0. The summed E-state index contributed by atoms with van der Waals surface area (Å²) in [5.41, 5.74) is 16.2. The molecule has 0 saturated carbocycles. The molecule has 10 aromatic rings. The van der Waals surface area contributed by atoms with E-state index >= 15 is 0 Å². The van der Waals surface area contributed by atoms with Crippen LogP contribution in [0.1, 0.15) is 11.1 Å². The van der Waals surface area contributed by atoms with Crippen LogP contribution in [0.4, 0.5) is 0 Å². The molecule has 0 unspecified atom stereocenters. The number of aromatic nitrogens is 2. The van der Waals surface area contributed by atoms with Crippen LogP contribution in [-0.4, -0.2) is 14.8 Å². The summed E-state index contributed by atoms with van der Waals surface area (Å²) >= 11 is 0. The Bertz CT molecular complexity index is 3040. The van der Waals surface area contributed by atoms with Gasteiger partial charge in [-0.15, -0.1) is 0 Å². The lowest BCUT2D eigenvalue weighted by molar-refractivity contribution is 1.18. The van der Waals surface area contributed by atoms with Gasteiger partial charge in [-0.05, 0) is 87.3 Å². The van der Waals surface area contributed by atoms with Gasteiger partial charge in [0.2, 0.25) is 0 Å². The standard InChI is InChI=1S/C47H32N4/c48-40(30-12-3-1-4-13-30)29-41(49)31-14-11-17-33(28-31)51-43-21-10-8-19-39(43)47-37-23-22-36-34(35(37)25-27-45(47)51)24-26-44-46(36)38-18-7-9-20-42(38)50(44)32-15-5-2-6-16-32/h1-29,48H,49H2/b41-29-,48-40?. The second kappa shape index (κ2) is 11.3. The van der Waals surface area contributed by atoms with E-state index in [2.05, 4.69) is 137 Å². The molecule has 0 saturated heterocycles. The highest BCUT2D eigenvalue weighted by molar-refractivity contribution is 6.30. The fourth-order valence-electron chi connectivity index (χ4n) is 8.05. The molecule has 240 valence electrons. The van der Waals surface area contributed by atoms with Gasteiger partial charge >= 0.3 is 0 Å². The Labute approximate surface area is 294 Å². The van der Waals surface area contributed by atoms with Crippen molar-refractivity contribution in [1.29, 1.82) is 5.41 Å². The minimum Gasteiger partial charge on any atom is -0.398 e. The van der Waals surface area contributed by atoms with Crippen LogP contribution in [0.25, 0.3) is 82.2 Å². The normalized spacial score (nSPS) is 12.2. The number of rotatable bonds is 5. The van der Waals surface area contributed by atoms with Crippen molar-refractivity contribution in [3.8, 4) is 11.4 Å². The Morgan fingerprint density at radius 1 is 0.412 bits per heavy atom. The van der Waals surface area contributed by atoms with Gasteiger partial charge in [0.1, 0.15) is 0 Å². The zero-order chi connectivity index (χ0) is 34.1. The van der Waals surface area contributed by atoms with E-state index in [1.54, 1.807) is 6.08 Å². The number of nitrogens with zero attached hydrogens (tertiary/aromatic N) is 2. The van der Waals surface area contributed by atoms with E-state index < -0.39 is 0 Å². The molecule has 4 nitrogen and oxygen atoms in total. The first-order valence-corrected chi connectivity index (χ1v) is 17.2. The molecular formula is C47H32N4. The molecule has 0 aliphatic carbocycles. The summed E-state index contributed by atoms with van der Waals surface area (Å²) in [6.07, 6.45) is 1.74. The van der Waals surface area contributed by atoms with E-state index in [1.807, 2.05) is 42.5 Å². The van der Waals surface area contributed by atoms with Crippen molar-refractivity contribution in [3.63, 3.8) is 0 Å². The number of nitrogens with one attached hydrogen (secondary N) is 1. The van der Waals surface area contributed by atoms with Gasteiger partial charge in [-0.3, -0.25) is 0 Å². The number of fused-ring (bicyclic) bond motifs is 11. The van der Waals surface area contributed by atoms with Gasteiger partial charge in [-0.1, -0.05) is 121 Å². The smallest absolute Gasteiger partial charge is 0.0632 e. The molecule has 0 amide bonds. The van der Waals surface area contributed by atoms with Gasteiger partial charge < -0.3 is 20.3 Å². The SMILES string of the molecule is N=C(/C=C(\N)c1cccc(-n2c3ccccc3c3c4ccc5c(ccc6c5c5ccccc5n6-c5ccccc5)c4ccc32)c1)c1ccccc1. The quantitative estimate of drug-likeness (QED) is 0.141. The minimum atomic E-state index is 0.385. The van der Waals surface area contributed by atoms with E-state index in [-0.39, 0.29) is 0 Å². The van der Waals surface area contributed by atoms with Crippen molar-refractivity contribution in [2.45, 2.75) is 0 Å². The predicted octanol–water partition coefficient (Wildman–Crippen LogP) is 11.6. The van der Waals surface area contributed by atoms with Crippen LogP contribution < -0.4 is 5.73 Å². The zero-order valence-corrected chi connectivity index (χ0v) is 27.7. The average Bonchev–Trinajstić information content (AvgIpc) is 3.72. The Balaban J connectivity index is 1.19. The van der Waals surface area contributed by atoms with Crippen LogP contribution in [0.2, 0.25) is 0 Å². The lowest BCUT2D eigenvalue weighted by Gasteiger charge is -2.12. The summed E-state index contributed by atoms with van der Waals surface area (Å²) in [6.45, 7) is 0. The summed E-state index contributed by atoms with van der Waals surface area (Å²) in [5.74, 6) is 0. The van der Waals surface area contributed by atoms with Crippen molar-refractivity contribution in [2.24, 2.45) is 5.73 Å². The molecule has 10 rings (SSSR count). The van der Waals surface area contributed by atoms with Crippen LogP contribution in [-0.2, 0) is 0 Å². The number of hydrogen-bond acceptors (Lipinski definition) is 2. The molecule has 2 heterocycles. The molecule has 4 heteroatoms. The third-order valence-corrected chi connectivity index (χ3v) is 10.3. The van der Waals surface area contributed by atoms with Crippen molar-refractivity contribution >= 4 is 76.6 Å². The molecule has 0 spiro atoms. The summed E-state index contributed by atoms with van der Waals surface area (Å²) in [4.78, 5) is 0. The maximum Gasteiger partial charge on any atom is 0.0632 e. The van der Waals surface area contributed by atoms with Crippen LogP contribution in [0.15, 0.2) is 176 Å². The highest BCUT2D eigenvalue weighted by Gasteiger charge is 2.19. The van der Waals surface area contributed by atoms with Crippen molar-refractivity contribution in [1.82, 2.24) is 9.13 Å². The Morgan fingerprint density at radius 3 is 1.49 bits per heavy atom.